The Morgan fingerprint density at radius 3 is 2.84 bits per heavy atom. The molecule has 4 nitrogen and oxygen atoms in total. The SMILES string of the molecule is Cc1ccc2c(c1)[nH]c(=O)n2C1CCN(C(C)C)C1. The average Bonchev–Trinajstić information content (AvgIpc) is 2.91. The predicted octanol–water partition coefficient (Wildman–Crippen LogP) is 2.29. The Bertz CT molecular complexity index is 653. The number of hydrogen-bond acceptors (Lipinski definition) is 2. The van der Waals surface area contributed by atoms with Gasteiger partial charge >= 0.3 is 5.69 Å². The molecule has 0 aliphatic carbocycles. The molecule has 1 fully saturated rings. The van der Waals surface area contributed by atoms with Crippen LogP contribution >= 0.6 is 0 Å². The number of nitrogens with one attached hydrogen (secondary N) is 1. The van der Waals surface area contributed by atoms with Crippen molar-refractivity contribution in [1.29, 1.82) is 0 Å². The minimum absolute atomic E-state index is 0.0243. The number of aromatic nitrogens is 2. The third-order valence-corrected chi connectivity index (χ3v) is 4.16. The number of H-pyrrole nitrogens is 1. The molecule has 1 N–H and O–H groups in total. The first kappa shape index (κ1) is 12.5. The molecule has 1 saturated heterocycles. The van der Waals surface area contributed by atoms with Crippen LogP contribution < -0.4 is 5.69 Å². The Morgan fingerprint density at radius 1 is 1.37 bits per heavy atom. The number of imidazole rings is 1. The quantitative estimate of drug-likeness (QED) is 0.899. The van der Waals surface area contributed by atoms with E-state index in [1.807, 2.05) is 17.6 Å². The molecular weight excluding hydrogens is 238 g/mol. The molecule has 1 atom stereocenters. The van der Waals surface area contributed by atoms with Crippen LogP contribution in [-0.2, 0) is 0 Å². The lowest BCUT2D eigenvalue weighted by Gasteiger charge is -2.20. The van der Waals surface area contributed by atoms with Gasteiger partial charge in [0.15, 0.2) is 0 Å². The number of aryl methyl sites for hydroxylation is 1. The molecule has 2 aromatic rings. The van der Waals surface area contributed by atoms with Gasteiger partial charge in [-0.25, -0.2) is 4.79 Å². The van der Waals surface area contributed by atoms with E-state index in [0.29, 0.717) is 12.1 Å². The van der Waals surface area contributed by atoms with Gasteiger partial charge < -0.3 is 4.98 Å². The highest BCUT2D eigenvalue weighted by atomic mass is 16.1. The van der Waals surface area contributed by atoms with Gasteiger partial charge in [0.25, 0.3) is 0 Å². The first-order valence-electron chi connectivity index (χ1n) is 7.01. The van der Waals surface area contributed by atoms with Crippen LogP contribution in [0, 0.1) is 6.92 Å². The Kier molecular flexibility index (Phi) is 2.97. The fourth-order valence-electron chi connectivity index (χ4n) is 3.06. The first-order chi connectivity index (χ1) is 9.06. The fourth-order valence-corrected chi connectivity index (χ4v) is 3.06. The third kappa shape index (κ3) is 2.10. The van der Waals surface area contributed by atoms with Gasteiger partial charge in [0.05, 0.1) is 17.1 Å². The highest BCUT2D eigenvalue weighted by molar-refractivity contribution is 5.76. The summed E-state index contributed by atoms with van der Waals surface area (Å²) in [5, 5.41) is 0. The van der Waals surface area contributed by atoms with Crippen LogP contribution in [0.15, 0.2) is 23.0 Å². The van der Waals surface area contributed by atoms with E-state index >= 15 is 0 Å². The summed E-state index contributed by atoms with van der Waals surface area (Å²) in [4.78, 5) is 17.6. The van der Waals surface area contributed by atoms with Gasteiger partial charge in [-0.3, -0.25) is 9.47 Å². The van der Waals surface area contributed by atoms with E-state index in [0.717, 1.165) is 30.5 Å². The number of nitrogens with zero attached hydrogens (tertiary/aromatic N) is 2. The molecule has 0 radical (unpaired) electrons. The predicted molar refractivity (Wildman–Crippen MR) is 77.7 cm³/mol. The van der Waals surface area contributed by atoms with Crippen LogP contribution in [0.4, 0.5) is 0 Å². The smallest absolute Gasteiger partial charge is 0.306 e. The monoisotopic (exact) mass is 259 g/mol. The molecule has 19 heavy (non-hydrogen) atoms. The van der Waals surface area contributed by atoms with Gasteiger partial charge in [-0.15, -0.1) is 0 Å². The van der Waals surface area contributed by atoms with Crippen molar-refractivity contribution in [3.8, 4) is 0 Å². The molecule has 1 unspecified atom stereocenters. The molecular formula is C15H21N3O. The lowest BCUT2D eigenvalue weighted by Crippen LogP contribution is -2.30. The third-order valence-electron chi connectivity index (χ3n) is 4.16. The van der Waals surface area contributed by atoms with E-state index in [1.54, 1.807) is 0 Å². The van der Waals surface area contributed by atoms with Crippen molar-refractivity contribution in [1.82, 2.24) is 14.5 Å². The average molecular weight is 259 g/mol. The number of likely N-dealkylation sites (tertiary alicyclic amines) is 1. The molecule has 2 heterocycles. The highest BCUT2D eigenvalue weighted by Gasteiger charge is 2.27. The second kappa shape index (κ2) is 4.53. The molecule has 1 aliphatic heterocycles. The van der Waals surface area contributed by atoms with Crippen LogP contribution in [0.5, 0.6) is 0 Å². The summed E-state index contributed by atoms with van der Waals surface area (Å²) >= 11 is 0. The Balaban J connectivity index is 2.02. The minimum atomic E-state index is 0.0243. The number of hydrogen-bond donors (Lipinski definition) is 1. The summed E-state index contributed by atoms with van der Waals surface area (Å²) in [5.74, 6) is 0. The zero-order valence-electron chi connectivity index (χ0n) is 11.8. The lowest BCUT2D eigenvalue weighted by molar-refractivity contribution is 0.265. The zero-order valence-corrected chi connectivity index (χ0v) is 11.8. The fraction of sp³-hybridized carbons (Fsp3) is 0.533. The van der Waals surface area contributed by atoms with Crippen molar-refractivity contribution < 1.29 is 0 Å². The van der Waals surface area contributed by atoms with E-state index in [2.05, 4.69) is 35.9 Å². The molecule has 0 spiro atoms. The lowest BCUT2D eigenvalue weighted by atomic mass is 10.2. The summed E-state index contributed by atoms with van der Waals surface area (Å²) in [5.41, 5.74) is 3.19. The Morgan fingerprint density at radius 2 is 2.16 bits per heavy atom. The summed E-state index contributed by atoms with van der Waals surface area (Å²) in [6, 6.07) is 7.02. The minimum Gasteiger partial charge on any atom is -0.306 e. The summed E-state index contributed by atoms with van der Waals surface area (Å²) in [6.07, 6.45) is 1.05. The topological polar surface area (TPSA) is 41.0 Å². The zero-order chi connectivity index (χ0) is 13.6. The number of rotatable bonds is 2. The van der Waals surface area contributed by atoms with Crippen molar-refractivity contribution in [2.75, 3.05) is 13.1 Å². The van der Waals surface area contributed by atoms with Gasteiger partial charge in [-0.2, -0.15) is 0 Å². The molecule has 1 aliphatic rings. The van der Waals surface area contributed by atoms with Crippen molar-refractivity contribution in [2.24, 2.45) is 0 Å². The number of fused-ring (bicyclic) bond motifs is 1. The second-order valence-corrected chi connectivity index (χ2v) is 5.85. The molecule has 102 valence electrons. The van der Waals surface area contributed by atoms with Gasteiger partial charge in [-0.05, 0) is 44.9 Å². The van der Waals surface area contributed by atoms with Crippen LogP contribution in [0.25, 0.3) is 11.0 Å². The maximum absolute atomic E-state index is 12.2. The Labute approximate surface area is 113 Å². The van der Waals surface area contributed by atoms with Crippen LogP contribution in [0.1, 0.15) is 31.9 Å². The molecule has 3 rings (SSSR count). The number of aromatic amines is 1. The van der Waals surface area contributed by atoms with Crippen LogP contribution in [0.2, 0.25) is 0 Å². The largest absolute Gasteiger partial charge is 0.326 e. The van der Waals surface area contributed by atoms with E-state index < -0.39 is 0 Å². The Hall–Kier alpha value is -1.55. The molecule has 4 heteroatoms. The standard InChI is InChI=1S/C15H21N3O/c1-10(2)17-7-6-12(9-17)18-14-5-4-11(3)8-13(14)16-15(18)19/h4-5,8,10,12H,6-7,9H2,1-3H3,(H,16,19). The molecule has 0 saturated carbocycles. The van der Waals surface area contributed by atoms with E-state index in [9.17, 15) is 4.79 Å². The van der Waals surface area contributed by atoms with E-state index in [1.165, 1.54) is 5.56 Å². The number of benzene rings is 1. The maximum Gasteiger partial charge on any atom is 0.326 e. The summed E-state index contributed by atoms with van der Waals surface area (Å²) < 4.78 is 1.94. The van der Waals surface area contributed by atoms with Crippen LogP contribution in [-0.4, -0.2) is 33.6 Å². The maximum atomic E-state index is 12.2. The van der Waals surface area contributed by atoms with Crippen molar-refractivity contribution >= 4 is 11.0 Å². The summed E-state index contributed by atoms with van der Waals surface area (Å²) in [7, 11) is 0. The van der Waals surface area contributed by atoms with Gasteiger partial charge in [-0.1, -0.05) is 6.07 Å². The molecule has 0 amide bonds. The van der Waals surface area contributed by atoms with Crippen molar-refractivity contribution in [2.45, 2.75) is 39.3 Å². The van der Waals surface area contributed by atoms with E-state index in [-0.39, 0.29) is 5.69 Å². The van der Waals surface area contributed by atoms with Crippen molar-refractivity contribution in [3.05, 3.63) is 34.2 Å². The van der Waals surface area contributed by atoms with Gasteiger partial charge in [0, 0.05) is 19.1 Å². The molecule has 0 bridgehead atoms. The highest BCUT2D eigenvalue weighted by Crippen LogP contribution is 2.25. The van der Waals surface area contributed by atoms with Crippen LogP contribution in [0.3, 0.4) is 0 Å². The normalized spacial score (nSPS) is 20.7. The van der Waals surface area contributed by atoms with Gasteiger partial charge in [0.1, 0.15) is 0 Å². The first-order valence-corrected chi connectivity index (χ1v) is 7.01. The summed E-state index contributed by atoms with van der Waals surface area (Å²) in [6.45, 7) is 8.52. The van der Waals surface area contributed by atoms with E-state index in [4.69, 9.17) is 0 Å². The molecule has 1 aromatic heterocycles. The second-order valence-electron chi connectivity index (χ2n) is 5.85. The molecule has 1 aromatic carbocycles. The van der Waals surface area contributed by atoms with Crippen molar-refractivity contribution in [3.63, 3.8) is 0 Å². The van der Waals surface area contributed by atoms with Gasteiger partial charge in [0.2, 0.25) is 0 Å².